The van der Waals surface area contributed by atoms with Gasteiger partial charge in [-0.15, -0.1) is 0 Å². The highest BCUT2D eigenvalue weighted by molar-refractivity contribution is 5.10. The number of rotatable bonds is 7. The van der Waals surface area contributed by atoms with Crippen LogP contribution in [-0.4, -0.2) is 13.1 Å². The summed E-state index contributed by atoms with van der Waals surface area (Å²) in [6.07, 6.45) is 5.50. The van der Waals surface area contributed by atoms with E-state index in [2.05, 4.69) is 5.32 Å². The predicted octanol–water partition coefficient (Wildman–Crippen LogP) is 2.37. The van der Waals surface area contributed by atoms with Gasteiger partial charge in [-0.2, -0.15) is 0 Å². The fourth-order valence-corrected chi connectivity index (χ4v) is 2.01. The van der Waals surface area contributed by atoms with E-state index in [9.17, 15) is 0 Å². The van der Waals surface area contributed by atoms with Gasteiger partial charge in [0.05, 0.1) is 6.04 Å². The first-order valence-electron chi connectivity index (χ1n) is 6.29. The highest BCUT2D eigenvalue weighted by Crippen LogP contribution is 2.33. The summed E-state index contributed by atoms with van der Waals surface area (Å²) in [5.41, 5.74) is 5.75. The van der Waals surface area contributed by atoms with Crippen LogP contribution in [0.3, 0.4) is 0 Å². The molecule has 0 spiro atoms. The van der Waals surface area contributed by atoms with Gasteiger partial charge in [0.1, 0.15) is 11.5 Å². The molecule has 1 saturated carbocycles. The lowest BCUT2D eigenvalue weighted by Crippen LogP contribution is -2.28. The van der Waals surface area contributed by atoms with Crippen LogP contribution in [-0.2, 0) is 0 Å². The standard InChI is InChI=1S/C13H22N2O/c1-10-4-7-13(16-10)12(9-14)15-8-2-3-11-5-6-11/h4,7,11-12,15H,2-3,5-6,8-9,14H2,1H3. The molecule has 0 radical (unpaired) electrons. The smallest absolute Gasteiger partial charge is 0.122 e. The first-order valence-corrected chi connectivity index (χ1v) is 6.29. The van der Waals surface area contributed by atoms with Crippen LogP contribution in [0.5, 0.6) is 0 Å². The van der Waals surface area contributed by atoms with E-state index in [0.717, 1.165) is 24.0 Å². The second kappa shape index (κ2) is 5.51. The van der Waals surface area contributed by atoms with Gasteiger partial charge in [-0.05, 0) is 44.4 Å². The molecule has 0 bridgehead atoms. The molecule has 1 fully saturated rings. The molecule has 0 aliphatic heterocycles. The zero-order chi connectivity index (χ0) is 11.4. The van der Waals surface area contributed by atoms with Crippen LogP contribution in [0.4, 0.5) is 0 Å². The molecule has 16 heavy (non-hydrogen) atoms. The topological polar surface area (TPSA) is 51.2 Å². The van der Waals surface area contributed by atoms with Crippen molar-refractivity contribution in [3.63, 3.8) is 0 Å². The molecular formula is C13H22N2O. The minimum absolute atomic E-state index is 0.174. The van der Waals surface area contributed by atoms with Crippen molar-refractivity contribution in [2.75, 3.05) is 13.1 Å². The van der Waals surface area contributed by atoms with Crippen LogP contribution in [0.1, 0.15) is 43.2 Å². The summed E-state index contributed by atoms with van der Waals surface area (Å²) in [5.74, 6) is 2.93. The third-order valence-corrected chi connectivity index (χ3v) is 3.22. The minimum atomic E-state index is 0.174. The van der Waals surface area contributed by atoms with Gasteiger partial charge in [0.25, 0.3) is 0 Å². The molecular weight excluding hydrogens is 200 g/mol. The van der Waals surface area contributed by atoms with Gasteiger partial charge in [-0.25, -0.2) is 0 Å². The predicted molar refractivity (Wildman–Crippen MR) is 65.2 cm³/mol. The average Bonchev–Trinajstić information content (AvgIpc) is 3.01. The SMILES string of the molecule is Cc1ccc(C(CN)NCCCC2CC2)o1. The second-order valence-corrected chi connectivity index (χ2v) is 4.78. The molecule has 90 valence electrons. The Balaban J connectivity index is 1.71. The molecule has 0 saturated heterocycles. The maximum absolute atomic E-state index is 5.75. The number of aryl methyl sites for hydroxylation is 1. The Morgan fingerprint density at radius 3 is 2.88 bits per heavy atom. The van der Waals surface area contributed by atoms with Crippen LogP contribution < -0.4 is 11.1 Å². The monoisotopic (exact) mass is 222 g/mol. The highest BCUT2D eigenvalue weighted by atomic mass is 16.3. The molecule has 1 aliphatic carbocycles. The van der Waals surface area contributed by atoms with Crippen molar-refractivity contribution >= 4 is 0 Å². The van der Waals surface area contributed by atoms with Crippen LogP contribution in [0.25, 0.3) is 0 Å². The number of hydrogen-bond donors (Lipinski definition) is 2. The van der Waals surface area contributed by atoms with E-state index in [1.807, 2.05) is 19.1 Å². The summed E-state index contributed by atoms with van der Waals surface area (Å²) < 4.78 is 5.58. The molecule has 2 rings (SSSR count). The van der Waals surface area contributed by atoms with Gasteiger partial charge in [0.2, 0.25) is 0 Å². The normalized spacial score (nSPS) is 17.6. The molecule has 1 unspecified atom stereocenters. The molecule has 0 aromatic carbocycles. The molecule has 3 heteroatoms. The van der Waals surface area contributed by atoms with Gasteiger partial charge in [0, 0.05) is 6.54 Å². The first kappa shape index (κ1) is 11.7. The molecule has 1 aliphatic rings. The lowest BCUT2D eigenvalue weighted by Gasteiger charge is -2.14. The van der Waals surface area contributed by atoms with Crippen LogP contribution in [0.2, 0.25) is 0 Å². The van der Waals surface area contributed by atoms with Gasteiger partial charge in [-0.3, -0.25) is 0 Å². The Hall–Kier alpha value is -0.800. The van der Waals surface area contributed by atoms with Gasteiger partial charge in [-0.1, -0.05) is 12.8 Å². The quantitative estimate of drug-likeness (QED) is 0.696. The maximum atomic E-state index is 5.75. The number of nitrogens with two attached hydrogens (primary N) is 1. The molecule has 3 N–H and O–H groups in total. The maximum Gasteiger partial charge on any atom is 0.122 e. The number of nitrogens with one attached hydrogen (secondary N) is 1. The molecule has 1 heterocycles. The van der Waals surface area contributed by atoms with Gasteiger partial charge >= 0.3 is 0 Å². The van der Waals surface area contributed by atoms with E-state index in [1.165, 1.54) is 25.7 Å². The van der Waals surface area contributed by atoms with Crippen molar-refractivity contribution < 1.29 is 4.42 Å². The fraction of sp³-hybridized carbons (Fsp3) is 0.692. The Morgan fingerprint density at radius 2 is 2.31 bits per heavy atom. The largest absolute Gasteiger partial charge is 0.465 e. The molecule has 1 atom stereocenters. The van der Waals surface area contributed by atoms with E-state index in [0.29, 0.717) is 6.54 Å². The van der Waals surface area contributed by atoms with Gasteiger partial charge < -0.3 is 15.5 Å². The summed E-state index contributed by atoms with van der Waals surface area (Å²) >= 11 is 0. The Morgan fingerprint density at radius 1 is 1.50 bits per heavy atom. The van der Waals surface area contributed by atoms with E-state index in [1.54, 1.807) is 0 Å². The van der Waals surface area contributed by atoms with Crippen LogP contribution >= 0.6 is 0 Å². The minimum Gasteiger partial charge on any atom is -0.465 e. The van der Waals surface area contributed by atoms with E-state index >= 15 is 0 Å². The highest BCUT2D eigenvalue weighted by Gasteiger charge is 2.20. The third kappa shape index (κ3) is 3.35. The van der Waals surface area contributed by atoms with Crippen molar-refractivity contribution in [2.24, 2.45) is 11.7 Å². The fourth-order valence-electron chi connectivity index (χ4n) is 2.01. The summed E-state index contributed by atoms with van der Waals surface area (Å²) in [4.78, 5) is 0. The molecule has 3 nitrogen and oxygen atoms in total. The average molecular weight is 222 g/mol. The lowest BCUT2D eigenvalue weighted by molar-refractivity contribution is 0.400. The Kier molecular flexibility index (Phi) is 4.02. The summed E-state index contributed by atoms with van der Waals surface area (Å²) in [5, 5.41) is 3.46. The zero-order valence-corrected chi connectivity index (χ0v) is 10.0. The summed E-state index contributed by atoms with van der Waals surface area (Å²) in [6.45, 7) is 3.60. The van der Waals surface area contributed by atoms with E-state index < -0.39 is 0 Å². The van der Waals surface area contributed by atoms with Crippen LogP contribution in [0, 0.1) is 12.8 Å². The Labute approximate surface area is 97.4 Å². The molecule has 1 aromatic rings. The summed E-state index contributed by atoms with van der Waals surface area (Å²) in [6, 6.07) is 4.18. The molecule has 0 amide bonds. The Bertz CT molecular complexity index is 317. The van der Waals surface area contributed by atoms with Crippen molar-refractivity contribution in [1.29, 1.82) is 0 Å². The first-order chi connectivity index (χ1) is 7.79. The third-order valence-electron chi connectivity index (χ3n) is 3.22. The van der Waals surface area contributed by atoms with Crippen molar-refractivity contribution in [3.05, 3.63) is 23.7 Å². The lowest BCUT2D eigenvalue weighted by atomic mass is 10.2. The molecule has 1 aromatic heterocycles. The number of hydrogen-bond acceptors (Lipinski definition) is 3. The van der Waals surface area contributed by atoms with Crippen molar-refractivity contribution in [1.82, 2.24) is 5.32 Å². The van der Waals surface area contributed by atoms with E-state index in [-0.39, 0.29) is 6.04 Å². The second-order valence-electron chi connectivity index (χ2n) is 4.78. The van der Waals surface area contributed by atoms with Crippen molar-refractivity contribution in [2.45, 2.75) is 38.6 Å². The number of furan rings is 1. The van der Waals surface area contributed by atoms with Gasteiger partial charge in [0.15, 0.2) is 0 Å². The summed E-state index contributed by atoms with van der Waals surface area (Å²) in [7, 11) is 0. The van der Waals surface area contributed by atoms with Crippen molar-refractivity contribution in [3.8, 4) is 0 Å². The van der Waals surface area contributed by atoms with E-state index in [4.69, 9.17) is 10.2 Å². The van der Waals surface area contributed by atoms with Crippen LogP contribution in [0.15, 0.2) is 16.5 Å². The zero-order valence-electron chi connectivity index (χ0n) is 10.0.